The molecule has 1 rings (SSSR count). The van der Waals surface area contributed by atoms with Gasteiger partial charge in [-0.1, -0.05) is 6.92 Å². The predicted octanol–water partition coefficient (Wildman–Crippen LogP) is 1.80. The number of carbonyl (C=O) groups is 1. The van der Waals surface area contributed by atoms with Crippen molar-refractivity contribution in [2.24, 2.45) is 5.41 Å². The number of likely N-dealkylation sites (N-methyl/N-ethyl adjacent to an activating group) is 1. The Morgan fingerprint density at radius 2 is 2.06 bits per heavy atom. The standard InChI is InChI=1S/C12H23ClN2O/c1-5-10-8-15(7-6-14(10)4)11(16)12(2,3)9-13/h10H,5-9H2,1-4H3. The second-order valence-electron chi connectivity index (χ2n) is 5.31. The molecule has 0 bridgehead atoms. The maximum Gasteiger partial charge on any atom is 0.229 e. The van der Waals surface area contributed by atoms with E-state index < -0.39 is 5.41 Å². The molecule has 1 unspecified atom stereocenters. The van der Waals surface area contributed by atoms with Gasteiger partial charge in [-0.3, -0.25) is 9.69 Å². The summed E-state index contributed by atoms with van der Waals surface area (Å²) in [5.74, 6) is 0.573. The highest BCUT2D eigenvalue weighted by molar-refractivity contribution is 6.19. The average Bonchev–Trinajstić information content (AvgIpc) is 2.28. The molecule has 1 amide bonds. The first-order chi connectivity index (χ1) is 7.42. The van der Waals surface area contributed by atoms with Crippen molar-refractivity contribution in [3.05, 3.63) is 0 Å². The second kappa shape index (κ2) is 5.37. The maximum absolute atomic E-state index is 12.2. The van der Waals surface area contributed by atoms with Gasteiger partial charge in [0.2, 0.25) is 5.91 Å². The lowest BCUT2D eigenvalue weighted by atomic mass is 9.93. The van der Waals surface area contributed by atoms with E-state index in [1.54, 1.807) is 0 Å². The minimum absolute atomic E-state index is 0.189. The molecule has 0 N–H and O–H groups in total. The zero-order valence-corrected chi connectivity index (χ0v) is 11.5. The van der Waals surface area contributed by atoms with Crippen LogP contribution in [0.25, 0.3) is 0 Å². The van der Waals surface area contributed by atoms with Crippen LogP contribution in [0.3, 0.4) is 0 Å². The number of carbonyl (C=O) groups excluding carboxylic acids is 1. The van der Waals surface area contributed by atoms with Gasteiger partial charge in [-0.15, -0.1) is 11.6 Å². The largest absolute Gasteiger partial charge is 0.339 e. The second-order valence-corrected chi connectivity index (χ2v) is 5.58. The van der Waals surface area contributed by atoms with Crippen molar-refractivity contribution in [2.45, 2.75) is 33.2 Å². The normalized spacial score (nSPS) is 23.6. The van der Waals surface area contributed by atoms with Crippen LogP contribution < -0.4 is 0 Å². The first-order valence-corrected chi connectivity index (χ1v) is 6.51. The van der Waals surface area contributed by atoms with Crippen molar-refractivity contribution in [3.8, 4) is 0 Å². The van der Waals surface area contributed by atoms with Crippen LogP contribution in [-0.2, 0) is 4.79 Å². The van der Waals surface area contributed by atoms with E-state index in [9.17, 15) is 4.79 Å². The number of amides is 1. The highest BCUT2D eigenvalue weighted by Crippen LogP contribution is 2.23. The van der Waals surface area contributed by atoms with Crippen LogP contribution in [0, 0.1) is 5.41 Å². The number of alkyl halides is 1. The van der Waals surface area contributed by atoms with E-state index in [4.69, 9.17) is 11.6 Å². The lowest BCUT2D eigenvalue weighted by molar-refractivity contribution is -0.142. The Bertz CT molecular complexity index is 255. The molecule has 0 saturated carbocycles. The van der Waals surface area contributed by atoms with E-state index in [1.165, 1.54) is 0 Å². The zero-order chi connectivity index (χ0) is 12.3. The molecule has 0 aromatic heterocycles. The number of piperazine rings is 1. The van der Waals surface area contributed by atoms with Crippen LogP contribution in [0.4, 0.5) is 0 Å². The molecule has 0 aromatic rings. The molecule has 1 saturated heterocycles. The topological polar surface area (TPSA) is 23.6 Å². The minimum Gasteiger partial charge on any atom is -0.339 e. The molecule has 94 valence electrons. The Hall–Kier alpha value is -0.280. The average molecular weight is 247 g/mol. The fraction of sp³-hybridized carbons (Fsp3) is 0.917. The van der Waals surface area contributed by atoms with E-state index in [2.05, 4.69) is 18.9 Å². The van der Waals surface area contributed by atoms with Crippen molar-refractivity contribution in [3.63, 3.8) is 0 Å². The summed E-state index contributed by atoms with van der Waals surface area (Å²) >= 11 is 5.85. The lowest BCUT2D eigenvalue weighted by Crippen LogP contribution is -2.55. The highest BCUT2D eigenvalue weighted by atomic mass is 35.5. The van der Waals surface area contributed by atoms with Crippen LogP contribution in [0.1, 0.15) is 27.2 Å². The molecule has 0 aliphatic carbocycles. The summed E-state index contributed by atoms with van der Waals surface area (Å²) in [4.78, 5) is 16.5. The van der Waals surface area contributed by atoms with Crippen LogP contribution in [-0.4, -0.2) is 54.3 Å². The van der Waals surface area contributed by atoms with Gasteiger partial charge in [0.15, 0.2) is 0 Å². The van der Waals surface area contributed by atoms with Crippen LogP contribution >= 0.6 is 11.6 Å². The number of halogens is 1. The molecule has 1 aliphatic heterocycles. The van der Waals surface area contributed by atoms with Gasteiger partial charge in [0, 0.05) is 31.6 Å². The zero-order valence-electron chi connectivity index (χ0n) is 10.8. The number of hydrogen-bond donors (Lipinski definition) is 0. The van der Waals surface area contributed by atoms with Gasteiger partial charge >= 0.3 is 0 Å². The molecular formula is C12H23ClN2O. The van der Waals surface area contributed by atoms with E-state index >= 15 is 0 Å². The summed E-state index contributed by atoms with van der Waals surface area (Å²) in [6.07, 6.45) is 1.08. The van der Waals surface area contributed by atoms with Crippen molar-refractivity contribution < 1.29 is 4.79 Å². The predicted molar refractivity (Wildman–Crippen MR) is 67.8 cm³/mol. The van der Waals surface area contributed by atoms with Crippen LogP contribution in [0.5, 0.6) is 0 Å². The van der Waals surface area contributed by atoms with Gasteiger partial charge in [-0.2, -0.15) is 0 Å². The molecule has 0 radical (unpaired) electrons. The van der Waals surface area contributed by atoms with E-state index in [1.807, 2.05) is 18.7 Å². The Kier molecular flexibility index (Phi) is 4.62. The molecule has 1 atom stereocenters. The van der Waals surface area contributed by atoms with Gasteiger partial charge in [0.25, 0.3) is 0 Å². The van der Waals surface area contributed by atoms with Crippen LogP contribution in [0.2, 0.25) is 0 Å². The molecule has 4 heteroatoms. The molecule has 3 nitrogen and oxygen atoms in total. The monoisotopic (exact) mass is 246 g/mol. The van der Waals surface area contributed by atoms with E-state index in [-0.39, 0.29) is 5.91 Å². The summed E-state index contributed by atoms with van der Waals surface area (Å²) < 4.78 is 0. The Balaban J connectivity index is 2.65. The molecule has 16 heavy (non-hydrogen) atoms. The van der Waals surface area contributed by atoms with Gasteiger partial charge < -0.3 is 4.90 Å². The van der Waals surface area contributed by atoms with Gasteiger partial charge in [-0.05, 0) is 27.3 Å². The van der Waals surface area contributed by atoms with Crippen molar-refractivity contribution in [1.29, 1.82) is 0 Å². The van der Waals surface area contributed by atoms with Gasteiger partial charge in [0.1, 0.15) is 0 Å². The Morgan fingerprint density at radius 1 is 1.44 bits per heavy atom. The number of hydrogen-bond acceptors (Lipinski definition) is 2. The van der Waals surface area contributed by atoms with Crippen molar-refractivity contribution in [1.82, 2.24) is 9.80 Å². The third-order valence-electron chi connectivity index (χ3n) is 3.45. The fourth-order valence-electron chi connectivity index (χ4n) is 2.06. The SMILES string of the molecule is CCC1CN(C(=O)C(C)(C)CCl)CCN1C. The van der Waals surface area contributed by atoms with Crippen LogP contribution in [0.15, 0.2) is 0 Å². The first-order valence-electron chi connectivity index (χ1n) is 5.98. The fourth-order valence-corrected chi connectivity index (χ4v) is 2.17. The molecule has 1 fully saturated rings. The summed E-state index contributed by atoms with van der Waals surface area (Å²) in [6, 6.07) is 0.490. The Labute approximate surface area is 104 Å². The first kappa shape index (κ1) is 13.8. The molecule has 1 aliphatic rings. The molecule has 1 heterocycles. The van der Waals surface area contributed by atoms with E-state index in [0.29, 0.717) is 11.9 Å². The third-order valence-corrected chi connectivity index (χ3v) is 4.12. The van der Waals surface area contributed by atoms with Crippen molar-refractivity contribution >= 4 is 17.5 Å². The van der Waals surface area contributed by atoms with Gasteiger partial charge in [-0.25, -0.2) is 0 Å². The summed E-state index contributed by atoms with van der Waals surface area (Å²) in [6.45, 7) is 8.63. The Morgan fingerprint density at radius 3 is 2.56 bits per heavy atom. The van der Waals surface area contributed by atoms with E-state index in [0.717, 1.165) is 26.1 Å². The summed E-state index contributed by atoms with van der Waals surface area (Å²) in [5.41, 5.74) is -0.435. The smallest absolute Gasteiger partial charge is 0.229 e. The van der Waals surface area contributed by atoms with Gasteiger partial charge in [0.05, 0.1) is 5.41 Å². The lowest BCUT2D eigenvalue weighted by Gasteiger charge is -2.41. The highest BCUT2D eigenvalue weighted by Gasteiger charge is 2.34. The maximum atomic E-state index is 12.2. The third kappa shape index (κ3) is 2.89. The number of nitrogens with zero attached hydrogens (tertiary/aromatic N) is 2. The van der Waals surface area contributed by atoms with Crippen molar-refractivity contribution in [2.75, 3.05) is 32.6 Å². The summed E-state index contributed by atoms with van der Waals surface area (Å²) in [7, 11) is 2.13. The minimum atomic E-state index is -0.435. The molecule has 0 spiro atoms. The molecule has 0 aromatic carbocycles. The molecular weight excluding hydrogens is 224 g/mol. The summed E-state index contributed by atoms with van der Waals surface area (Å²) in [5, 5.41) is 0. The number of rotatable bonds is 3. The quantitative estimate of drug-likeness (QED) is 0.709.